The number of aliphatic carboxylic acids is 1. The van der Waals surface area contributed by atoms with Crippen LogP contribution in [0.2, 0.25) is 0 Å². The molecule has 0 saturated heterocycles. The van der Waals surface area contributed by atoms with Gasteiger partial charge in [0.05, 0.1) is 0 Å². The van der Waals surface area contributed by atoms with Crippen LogP contribution >= 0.6 is 11.8 Å². The molecule has 5 rings (SSSR count). The number of carboxylic acid groups (broad SMARTS) is 1. The number of carboxylic acids is 1. The molecular formula is C29H24N3NaO4S. The Hall–Kier alpha value is -3.56. The minimum absolute atomic E-state index is 0.254. The van der Waals surface area contributed by atoms with Crippen LogP contribution in [-0.4, -0.2) is 54.6 Å². The van der Waals surface area contributed by atoms with E-state index in [1.165, 1.54) is 14.6 Å². The van der Waals surface area contributed by atoms with Crippen LogP contribution in [-0.2, 0) is 16.2 Å². The topological polar surface area (TPSA) is 92.9 Å². The predicted octanol–water partition coefficient (Wildman–Crippen LogP) is 5.02. The number of nitrogens with zero attached hydrogens (tertiary/aromatic N) is 2. The summed E-state index contributed by atoms with van der Waals surface area (Å²) in [6, 6.07) is 28.2. The number of anilines is 1. The third-order valence-electron chi connectivity index (χ3n) is 5.35. The summed E-state index contributed by atoms with van der Waals surface area (Å²) in [6.45, 7) is 1.52. The van der Waals surface area contributed by atoms with Crippen molar-refractivity contribution in [2.75, 3.05) is 5.32 Å². The average molecular weight is 534 g/mol. The molecule has 4 aromatic rings. The summed E-state index contributed by atoms with van der Waals surface area (Å²) in [5.41, 5.74) is 3.82. The van der Waals surface area contributed by atoms with E-state index < -0.39 is 5.97 Å². The maximum absolute atomic E-state index is 12.6. The molecule has 3 aromatic carbocycles. The summed E-state index contributed by atoms with van der Waals surface area (Å²) >= 11 is 2.34. The van der Waals surface area contributed by atoms with Crippen molar-refractivity contribution in [2.45, 2.75) is 13.5 Å². The number of hydrogen-bond donors (Lipinski definition) is 2. The van der Waals surface area contributed by atoms with Crippen molar-refractivity contribution in [1.29, 1.82) is 0 Å². The standard InChI is InChI=1S/C27H20N3O2S.C2H4O2.Na/c31-26-25(33-27(29-26)28-22-11-5-2-6-12-22)17-21-13-14-23(30-15-7-8-16-30)18-24(21)32-19-20-9-3-1-4-10-20;1-2(3)4;/h1,3-18H,19H2,(H,28,29,31);1H3,(H,3,4);/b25-17+;;. The van der Waals surface area contributed by atoms with Gasteiger partial charge in [-0.1, -0.05) is 30.3 Å². The molecule has 1 aliphatic heterocycles. The Morgan fingerprint density at radius 3 is 2.42 bits per heavy atom. The molecule has 1 amide bonds. The minimum Gasteiger partial charge on any atom is -0.0622 e. The van der Waals surface area contributed by atoms with Gasteiger partial charge in [-0.05, 0) is 17.7 Å². The van der Waals surface area contributed by atoms with Crippen LogP contribution in [0.25, 0.3) is 11.8 Å². The summed E-state index contributed by atoms with van der Waals surface area (Å²) in [6.07, 6.45) is 5.83. The first-order valence-electron chi connectivity index (χ1n) is 11.9. The van der Waals surface area contributed by atoms with Gasteiger partial charge in [-0.2, -0.15) is 0 Å². The van der Waals surface area contributed by atoms with Crippen LogP contribution < -0.4 is 12.9 Å². The number of rotatable bonds is 6. The van der Waals surface area contributed by atoms with Crippen LogP contribution in [0.5, 0.6) is 5.75 Å². The first-order valence-corrected chi connectivity index (χ1v) is 13.7. The first-order chi connectivity index (χ1) is 18.4. The molecule has 1 aromatic heterocycles. The van der Waals surface area contributed by atoms with Crippen LogP contribution in [0.1, 0.15) is 18.1 Å². The van der Waals surface area contributed by atoms with Crippen molar-refractivity contribution in [3.63, 3.8) is 0 Å². The molecule has 38 heavy (non-hydrogen) atoms. The number of amidine groups is 1. The fraction of sp³-hybridized carbons (Fsp3) is 0.0690. The van der Waals surface area contributed by atoms with Gasteiger partial charge in [0.2, 0.25) is 0 Å². The molecule has 9 heteroatoms. The predicted molar refractivity (Wildman–Crippen MR) is 153 cm³/mol. The Bertz CT molecular complexity index is 1460. The molecule has 0 aliphatic carbocycles. The Morgan fingerprint density at radius 1 is 1.05 bits per heavy atom. The summed E-state index contributed by atoms with van der Waals surface area (Å²) in [5.74, 6) is -0.379. The van der Waals surface area contributed by atoms with E-state index in [0.717, 1.165) is 57.4 Å². The molecule has 0 atom stereocenters. The zero-order chi connectivity index (χ0) is 26.9. The van der Waals surface area contributed by atoms with E-state index in [1.807, 2.05) is 95.8 Å². The molecule has 0 fully saturated rings. The molecule has 0 unspecified atom stereocenters. The van der Waals surface area contributed by atoms with Gasteiger partial charge in [-0.25, -0.2) is 0 Å². The van der Waals surface area contributed by atoms with E-state index in [2.05, 4.69) is 22.4 Å². The Kier molecular flexibility index (Phi) is 9.62. The molecule has 1 aliphatic rings. The normalized spacial score (nSPS) is 13.5. The molecule has 0 radical (unpaired) electrons. The van der Waals surface area contributed by atoms with Crippen LogP contribution in [0.15, 0.2) is 107 Å². The van der Waals surface area contributed by atoms with Crippen molar-refractivity contribution < 1.29 is 19.4 Å². The number of carbonyl (C=O) groups excluding carboxylic acids is 1. The molecule has 186 valence electrons. The third-order valence-corrected chi connectivity index (χ3v) is 6.91. The summed E-state index contributed by atoms with van der Waals surface area (Å²) < 4.78 is 9.55. The monoisotopic (exact) mass is 533 g/mol. The Balaban J connectivity index is 0.000000786. The fourth-order valence-corrected chi connectivity index (χ4v) is 4.69. The molecule has 7 nitrogen and oxygen atoms in total. The number of hydrogen-bond acceptors (Lipinski definition) is 5. The minimum atomic E-state index is -0.833. The Morgan fingerprint density at radius 2 is 1.74 bits per heavy atom. The van der Waals surface area contributed by atoms with Gasteiger partial charge >= 0.3 is 144 Å². The van der Waals surface area contributed by atoms with Crippen molar-refractivity contribution in [2.24, 2.45) is 4.99 Å². The van der Waals surface area contributed by atoms with E-state index >= 15 is 0 Å². The second-order valence-corrected chi connectivity index (χ2v) is 10.6. The van der Waals surface area contributed by atoms with Gasteiger partial charge in [0.25, 0.3) is 5.97 Å². The number of carbonyl (C=O) groups is 2. The summed E-state index contributed by atoms with van der Waals surface area (Å²) in [4.78, 5) is 26.4. The maximum atomic E-state index is 12.6. The van der Waals surface area contributed by atoms with Gasteiger partial charge in [0.15, 0.2) is 0 Å². The van der Waals surface area contributed by atoms with Gasteiger partial charge in [0.1, 0.15) is 6.61 Å². The summed E-state index contributed by atoms with van der Waals surface area (Å²) in [5, 5.41) is 11.2. The summed E-state index contributed by atoms with van der Waals surface area (Å²) in [7, 11) is 0. The molecule has 2 heterocycles. The smallest absolute Gasteiger partial charge is 0.0622 e. The van der Waals surface area contributed by atoms with Gasteiger partial charge in [0, 0.05) is 25.0 Å². The van der Waals surface area contributed by atoms with E-state index in [9.17, 15) is 4.79 Å². The number of amides is 1. The zero-order valence-electron chi connectivity index (χ0n) is 21.0. The zero-order valence-corrected chi connectivity index (χ0v) is 23.8. The van der Waals surface area contributed by atoms with E-state index in [-0.39, 0.29) is 5.91 Å². The average Bonchev–Trinajstić information content (AvgIpc) is 3.55. The Labute approximate surface area is 242 Å². The molecular weight excluding hydrogens is 509 g/mol. The van der Waals surface area contributed by atoms with Crippen LogP contribution in [0.4, 0.5) is 5.69 Å². The number of benzene rings is 3. The SMILES string of the molecule is CC(=O)O.O=C1N=C(Nc2cc[c]([Na])cc2)S/C1=C/c1ccc(-n2cccc2)cc1OCc1ccccc1. The van der Waals surface area contributed by atoms with E-state index in [0.29, 0.717) is 22.4 Å². The second kappa shape index (κ2) is 13.3. The quantitative estimate of drug-likeness (QED) is 0.267. The molecule has 0 saturated carbocycles. The van der Waals surface area contributed by atoms with Crippen molar-refractivity contribution in [3.8, 4) is 11.4 Å². The van der Waals surface area contributed by atoms with Gasteiger partial charge < -0.3 is 9.67 Å². The first kappa shape index (κ1) is 27.5. The fourth-order valence-electron chi connectivity index (χ4n) is 3.53. The van der Waals surface area contributed by atoms with Crippen molar-refractivity contribution in [1.82, 2.24) is 4.57 Å². The van der Waals surface area contributed by atoms with Crippen LogP contribution in [0.3, 0.4) is 0 Å². The third kappa shape index (κ3) is 7.97. The number of ether oxygens (including phenoxy) is 1. The second-order valence-electron chi connectivity index (χ2n) is 8.43. The molecule has 2 N–H and O–H groups in total. The number of thioether (sulfide) groups is 1. The van der Waals surface area contributed by atoms with Crippen LogP contribution in [0, 0.1) is 0 Å². The number of nitrogens with one attached hydrogen (secondary N) is 1. The molecule has 0 spiro atoms. The van der Waals surface area contributed by atoms with E-state index in [4.69, 9.17) is 14.6 Å². The number of aliphatic imine (C=N–C) groups is 1. The van der Waals surface area contributed by atoms with Crippen molar-refractivity contribution in [3.05, 3.63) is 113 Å². The van der Waals surface area contributed by atoms with E-state index in [1.54, 1.807) is 0 Å². The van der Waals surface area contributed by atoms with Crippen molar-refractivity contribution >= 4 is 71.3 Å². The number of aromatic nitrogens is 1. The molecule has 0 bridgehead atoms. The van der Waals surface area contributed by atoms with Gasteiger partial charge in [-0.3, -0.25) is 4.79 Å². The van der Waals surface area contributed by atoms with Gasteiger partial charge in [-0.15, -0.1) is 0 Å².